The van der Waals surface area contributed by atoms with Crippen molar-refractivity contribution in [2.45, 2.75) is 68.2 Å². The molecule has 2 atom stereocenters. The molecule has 1 spiro atoms. The third-order valence-electron chi connectivity index (χ3n) is 8.26. The summed E-state index contributed by atoms with van der Waals surface area (Å²) in [6.07, 6.45) is 1.47. The topological polar surface area (TPSA) is 44.8 Å². The predicted molar refractivity (Wildman–Crippen MR) is 128 cm³/mol. The van der Waals surface area contributed by atoms with Crippen molar-refractivity contribution in [3.8, 4) is 0 Å². The summed E-state index contributed by atoms with van der Waals surface area (Å²) in [5.74, 6) is -17.2. The summed E-state index contributed by atoms with van der Waals surface area (Å²) in [7, 11) is 0. The zero-order valence-corrected chi connectivity index (χ0v) is 24.5. The molecule has 2 aromatic rings. The fraction of sp³-hybridized carbons (Fsp3) is 0.552. The summed E-state index contributed by atoms with van der Waals surface area (Å²) in [5.41, 5.74) is -1.15. The number of benzene rings is 2. The lowest BCUT2D eigenvalue weighted by Crippen LogP contribution is -3.61. The molecular weight excluding hydrogens is 691 g/mol. The molecule has 0 N–H and O–H groups in total. The van der Waals surface area contributed by atoms with E-state index in [1.807, 2.05) is 0 Å². The monoisotopic (exact) mass is 719 g/mol. The third kappa shape index (κ3) is 6.28. The highest BCUT2D eigenvalue weighted by Crippen LogP contribution is 2.64. The van der Waals surface area contributed by atoms with E-state index in [2.05, 4.69) is 0 Å². The van der Waals surface area contributed by atoms with Gasteiger partial charge in [-0.1, -0.05) is 0 Å². The fourth-order valence-corrected chi connectivity index (χ4v) is 8.67. The van der Waals surface area contributed by atoms with Crippen molar-refractivity contribution in [1.82, 2.24) is 0 Å². The molecule has 42 heavy (non-hydrogen) atoms. The highest BCUT2D eigenvalue weighted by atomic mass is 127. The van der Waals surface area contributed by atoms with Crippen LogP contribution >= 0.6 is 0 Å². The molecule has 13 heteroatoms. The van der Waals surface area contributed by atoms with Gasteiger partial charge >= 0.3 is 44.9 Å². The Labute approximate surface area is 247 Å². The molecule has 1 heterocycles. The lowest BCUT2D eigenvalue weighted by Gasteiger charge is -2.63. The zero-order chi connectivity index (χ0) is 30.6. The number of ether oxygens (including phenoxy) is 3. The van der Waals surface area contributed by atoms with Gasteiger partial charge in [-0.05, 0) is 86.6 Å². The Kier molecular flexibility index (Phi) is 8.36. The number of carbonyl (C=O) groups is 1. The lowest BCUT2D eigenvalue weighted by atomic mass is 9.51. The SMILES string of the molecule is CC(F)(F)C(=O)OC12CC3CC(C1)C1(OCC(F)(F)C(F)(F)CO1)C(C3)C2.Fc1ccc([I+]c2ccc(F)cc2)cc1. The van der Waals surface area contributed by atoms with Gasteiger partial charge in [0.2, 0.25) is 0 Å². The highest BCUT2D eigenvalue weighted by Gasteiger charge is 2.70. The Morgan fingerprint density at radius 3 is 1.64 bits per heavy atom. The van der Waals surface area contributed by atoms with E-state index < -0.39 is 60.2 Å². The summed E-state index contributed by atoms with van der Waals surface area (Å²) >= 11 is -0.330. The van der Waals surface area contributed by atoms with Crippen molar-refractivity contribution < 1.29 is 75.3 Å². The Morgan fingerprint density at radius 2 is 1.24 bits per heavy atom. The molecule has 1 aliphatic heterocycles. The molecule has 2 unspecified atom stereocenters. The quantitative estimate of drug-likeness (QED) is 0.274. The average Bonchev–Trinajstić information content (AvgIpc) is 2.99. The summed E-state index contributed by atoms with van der Waals surface area (Å²) < 4.78 is 125. The largest absolute Gasteiger partial charge is 0.455 e. The van der Waals surface area contributed by atoms with Crippen LogP contribution in [-0.2, 0) is 19.0 Å². The minimum absolute atomic E-state index is 0.0166. The van der Waals surface area contributed by atoms with E-state index in [4.69, 9.17) is 14.2 Å². The number of carbonyl (C=O) groups excluding carboxylic acids is 1. The second kappa shape index (κ2) is 11.2. The van der Waals surface area contributed by atoms with Gasteiger partial charge in [-0.2, -0.15) is 26.3 Å². The smallest absolute Gasteiger partial charge is 0.377 e. The van der Waals surface area contributed by atoms with E-state index >= 15 is 0 Å². The maximum absolute atomic E-state index is 13.7. The van der Waals surface area contributed by atoms with E-state index in [1.165, 1.54) is 24.3 Å². The van der Waals surface area contributed by atoms with Gasteiger partial charge < -0.3 is 14.2 Å². The second-order valence-corrected chi connectivity index (χ2v) is 14.5. The van der Waals surface area contributed by atoms with Crippen LogP contribution in [0.2, 0.25) is 0 Å². The first-order valence-electron chi connectivity index (χ1n) is 13.3. The predicted octanol–water partition coefficient (Wildman–Crippen LogP) is 3.87. The van der Waals surface area contributed by atoms with Crippen molar-refractivity contribution in [3.05, 3.63) is 67.3 Å². The van der Waals surface area contributed by atoms with Crippen LogP contribution in [0.3, 0.4) is 0 Å². The number of hydrogen-bond donors (Lipinski definition) is 0. The molecule has 5 fully saturated rings. The highest BCUT2D eigenvalue weighted by molar-refractivity contribution is 5.77. The van der Waals surface area contributed by atoms with E-state index in [9.17, 15) is 39.9 Å². The average molecular weight is 719 g/mol. The summed E-state index contributed by atoms with van der Waals surface area (Å²) in [6, 6.07) is 13.0. The molecule has 0 aromatic heterocycles. The van der Waals surface area contributed by atoms with E-state index in [1.54, 1.807) is 24.3 Å². The van der Waals surface area contributed by atoms with Crippen LogP contribution in [0.4, 0.5) is 35.1 Å². The molecule has 1 saturated heterocycles. The van der Waals surface area contributed by atoms with Gasteiger partial charge in [0.15, 0.2) is 12.9 Å². The van der Waals surface area contributed by atoms with Gasteiger partial charge in [-0.3, -0.25) is 0 Å². The Balaban J connectivity index is 0.000000199. The molecule has 230 valence electrons. The fourth-order valence-electron chi connectivity index (χ4n) is 6.51. The Morgan fingerprint density at radius 1 is 0.810 bits per heavy atom. The zero-order valence-electron chi connectivity index (χ0n) is 22.3. The van der Waals surface area contributed by atoms with Gasteiger partial charge in [0.25, 0.3) is 0 Å². The van der Waals surface area contributed by atoms with E-state index in [0.29, 0.717) is 26.2 Å². The van der Waals surface area contributed by atoms with E-state index in [-0.39, 0.29) is 51.6 Å². The van der Waals surface area contributed by atoms with Crippen LogP contribution in [0.15, 0.2) is 48.5 Å². The number of esters is 1. The lowest BCUT2D eigenvalue weighted by molar-refractivity contribution is -0.597. The minimum atomic E-state index is -4.36. The molecule has 0 radical (unpaired) electrons. The van der Waals surface area contributed by atoms with Crippen molar-refractivity contribution in [2.75, 3.05) is 13.2 Å². The second-order valence-electron chi connectivity index (χ2n) is 11.5. The van der Waals surface area contributed by atoms with Gasteiger partial charge in [0, 0.05) is 18.8 Å². The maximum atomic E-state index is 13.7. The van der Waals surface area contributed by atoms with Crippen LogP contribution in [0.5, 0.6) is 0 Å². The molecule has 4 aliphatic carbocycles. The molecule has 5 aliphatic rings. The van der Waals surface area contributed by atoms with Crippen molar-refractivity contribution in [2.24, 2.45) is 17.8 Å². The van der Waals surface area contributed by atoms with Crippen LogP contribution in [0.25, 0.3) is 0 Å². The molecule has 4 nitrogen and oxygen atoms in total. The molecule has 4 bridgehead atoms. The number of hydrogen-bond acceptors (Lipinski definition) is 4. The van der Waals surface area contributed by atoms with Crippen LogP contribution in [0, 0.1) is 36.5 Å². The minimum Gasteiger partial charge on any atom is -0.455 e. The summed E-state index contributed by atoms with van der Waals surface area (Å²) in [6.45, 7) is -2.51. The van der Waals surface area contributed by atoms with Crippen molar-refractivity contribution in [3.63, 3.8) is 0 Å². The van der Waals surface area contributed by atoms with Crippen LogP contribution < -0.4 is 21.2 Å². The van der Waals surface area contributed by atoms with Gasteiger partial charge in [-0.25, -0.2) is 13.6 Å². The maximum Gasteiger partial charge on any atom is 0.377 e. The molecule has 2 aromatic carbocycles. The first-order valence-corrected chi connectivity index (χ1v) is 15.5. The van der Waals surface area contributed by atoms with Crippen molar-refractivity contribution in [1.29, 1.82) is 0 Å². The number of rotatable bonds is 4. The number of alkyl halides is 6. The normalized spacial score (nSPS) is 30.3. The standard InChI is InChI=1S/C17H20F6O4.C12H8F2I/c1-13(18,19)12(24)27-14-4-9-2-10(5-14)17(11(3-9)6-14)25-7-15(20,21)16(22,23)8-26-17;13-9-1-5-11(6-2-9)15-12-7-3-10(14)4-8-12/h9-11H,2-8H2,1H3;1-8H/q;+1. The Hall–Kier alpha value is -2.00. The van der Waals surface area contributed by atoms with Gasteiger partial charge in [-0.15, -0.1) is 0 Å². The number of halogens is 9. The van der Waals surface area contributed by atoms with Gasteiger partial charge in [0.05, 0.1) is 0 Å². The Bertz CT molecular complexity index is 1200. The molecule has 4 saturated carbocycles. The van der Waals surface area contributed by atoms with E-state index in [0.717, 1.165) is 7.14 Å². The molecular formula is C29H28F8IO4+. The first kappa shape index (κ1) is 31.4. The molecule has 0 amide bonds. The van der Waals surface area contributed by atoms with Crippen molar-refractivity contribution >= 4 is 5.97 Å². The van der Waals surface area contributed by atoms with Crippen LogP contribution in [-0.4, -0.2) is 48.3 Å². The first-order chi connectivity index (χ1) is 19.5. The summed E-state index contributed by atoms with van der Waals surface area (Å²) in [4.78, 5) is 11.7. The third-order valence-corrected chi connectivity index (χ3v) is 10.9. The van der Waals surface area contributed by atoms with Gasteiger partial charge in [0.1, 0.15) is 30.4 Å². The van der Waals surface area contributed by atoms with Crippen LogP contribution in [0.1, 0.15) is 39.0 Å². The summed E-state index contributed by atoms with van der Waals surface area (Å²) in [5, 5.41) is 0. The molecule has 7 rings (SSSR count).